The van der Waals surface area contributed by atoms with E-state index in [2.05, 4.69) is 5.32 Å². The van der Waals surface area contributed by atoms with Gasteiger partial charge >= 0.3 is 11.6 Å². The van der Waals surface area contributed by atoms with E-state index >= 15 is 0 Å². The molecule has 0 bridgehead atoms. The van der Waals surface area contributed by atoms with Crippen molar-refractivity contribution >= 4 is 34.2 Å². The number of esters is 1. The minimum atomic E-state index is -0.489. The van der Waals surface area contributed by atoms with E-state index in [0.29, 0.717) is 16.7 Å². The Morgan fingerprint density at radius 2 is 2.08 bits per heavy atom. The van der Waals surface area contributed by atoms with Gasteiger partial charge in [0.05, 0.1) is 6.42 Å². The molecule has 1 N–H and O–H groups in total. The largest absolute Gasteiger partial charge is 0.461 e. The van der Waals surface area contributed by atoms with Gasteiger partial charge in [0, 0.05) is 34.5 Å². The summed E-state index contributed by atoms with van der Waals surface area (Å²) < 4.78 is 10.4. The Hall–Kier alpha value is -2.93. The Morgan fingerprint density at radius 1 is 1.23 bits per heavy atom. The molecule has 2 aromatic heterocycles. The summed E-state index contributed by atoms with van der Waals surface area (Å²) in [6.45, 7) is 2.06. The summed E-state index contributed by atoms with van der Waals surface area (Å²) >= 11 is 1.43. The quantitative estimate of drug-likeness (QED) is 0.532. The lowest BCUT2D eigenvalue weighted by atomic mass is 10.1. The third-order valence-corrected chi connectivity index (χ3v) is 4.46. The molecule has 1 amide bonds. The van der Waals surface area contributed by atoms with Crippen LogP contribution in [0.3, 0.4) is 0 Å². The number of rotatable bonds is 6. The van der Waals surface area contributed by atoms with Crippen LogP contribution in [0, 0.1) is 6.92 Å². The van der Waals surface area contributed by atoms with Crippen molar-refractivity contribution < 1.29 is 18.7 Å². The molecular weight excluding hydrogens is 354 g/mol. The van der Waals surface area contributed by atoms with Gasteiger partial charge in [0.15, 0.2) is 0 Å². The van der Waals surface area contributed by atoms with Crippen molar-refractivity contribution in [1.82, 2.24) is 5.32 Å². The molecule has 3 aromatic rings. The molecule has 0 radical (unpaired) electrons. The first-order valence-corrected chi connectivity index (χ1v) is 8.96. The van der Waals surface area contributed by atoms with Crippen molar-refractivity contribution in [3.63, 3.8) is 0 Å². The topological polar surface area (TPSA) is 85.6 Å². The van der Waals surface area contributed by atoms with Crippen molar-refractivity contribution in [2.24, 2.45) is 0 Å². The molecule has 0 aliphatic rings. The summed E-state index contributed by atoms with van der Waals surface area (Å²) in [7, 11) is 0. The van der Waals surface area contributed by atoms with Gasteiger partial charge in [-0.15, -0.1) is 0 Å². The molecule has 0 unspecified atom stereocenters. The van der Waals surface area contributed by atoms with Crippen LogP contribution in [-0.4, -0.2) is 18.4 Å². The van der Waals surface area contributed by atoms with E-state index in [0.717, 1.165) is 10.9 Å². The third-order valence-electron chi connectivity index (χ3n) is 3.77. The lowest BCUT2D eigenvalue weighted by molar-refractivity contribution is -0.144. The second-order valence-corrected chi connectivity index (χ2v) is 6.55. The number of aryl methyl sites for hydroxylation is 1. The maximum atomic E-state index is 11.9. The Morgan fingerprint density at radius 3 is 2.85 bits per heavy atom. The van der Waals surface area contributed by atoms with Crippen LogP contribution >= 0.6 is 11.3 Å². The monoisotopic (exact) mass is 371 g/mol. The SMILES string of the molecule is Cc1ccc2c(COC(=O)CCNC(=O)c3ccsc3)cc(=O)oc2c1. The van der Waals surface area contributed by atoms with Gasteiger partial charge in [-0.25, -0.2) is 4.79 Å². The lowest BCUT2D eigenvalue weighted by Gasteiger charge is -2.08. The highest BCUT2D eigenvalue weighted by molar-refractivity contribution is 7.08. The van der Waals surface area contributed by atoms with E-state index in [1.165, 1.54) is 17.4 Å². The Balaban J connectivity index is 1.55. The first-order valence-electron chi connectivity index (χ1n) is 8.02. The van der Waals surface area contributed by atoms with Crippen LogP contribution in [0.2, 0.25) is 0 Å². The number of thiophene rings is 1. The fourth-order valence-corrected chi connectivity index (χ4v) is 3.10. The number of fused-ring (bicyclic) bond motifs is 1. The molecule has 0 aliphatic carbocycles. The molecular formula is C19H17NO5S. The highest BCUT2D eigenvalue weighted by atomic mass is 32.1. The maximum absolute atomic E-state index is 11.9. The highest BCUT2D eigenvalue weighted by Gasteiger charge is 2.10. The predicted octanol–water partition coefficient (Wildman–Crippen LogP) is 3.03. The summed E-state index contributed by atoms with van der Waals surface area (Å²) in [6.07, 6.45) is 0.0500. The summed E-state index contributed by atoms with van der Waals surface area (Å²) in [4.78, 5) is 35.3. The number of benzene rings is 1. The molecule has 2 heterocycles. The molecule has 7 heteroatoms. The van der Waals surface area contributed by atoms with E-state index in [1.54, 1.807) is 17.5 Å². The van der Waals surface area contributed by atoms with Gasteiger partial charge in [-0.1, -0.05) is 12.1 Å². The molecule has 134 valence electrons. The number of hydrogen-bond acceptors (Lipinski definition) is 6. The lowest BCUT2D eigenvalue weighted by Crippen LogP contribution is -2.26. The fourth-order valence-electron chi connectivity index (χ4n) is 2.46. The van der Waals surface area contributed by atoms with Crippen LogP contribution in [0.5, 0.6) is 0 Å². The summed E-state index contributed by atoms with van der Waals surface area (Å²) in [5.74, 6) is -0.676. The second kappa shape index (κ2) is 7.97. The van der Waals surface area contributed by atoms with Crippen molar-refractivity contribution in [2.75, 3.05) is 6.54 Å². The minimum absolute atomic E-state index is 0.0253. The third kappa shape index (κ3) is 4.37. The molecule has 0 saturated heterocycles. The molecule has 0 atom stereocenters. The van der Waals surface area contributed by atoms with Crippen molar-refractivity contribution in [2.45, 2.75) is 20.0 Å². The van der Waals surface area contributed by atoms with Gasteiger partial charge in [0.2, 0.25) is 0 Å². The van der Waals surface area contributed by atoms with Crippen molar-refractivity contribution in [3.05, 3.63) is 68.2 Å². The fraction of sp³-hybridized carbons (Fsp3) is 0.211. The van der Waals surface area contributed by atoms with Crippen LogP contribution in [0.25, 0.3) is 11.0 Å². The average Bonchev–Trinajstić information content (AvgIpc) is 3.13. The number of ether oxygens (including phenoxy) is 1. The van der Waals surface area contributed by atoms with Crippen molar-refractivity contribution in [3.8, 4) is 0 Å². The van der Waals surface area contributed by atoms with Gasteiger partial charge in [-0.3, -0.25) is 9.59 Å². The van der Waals surface area contributed by atoms with E-state index in [9.17, 15) is 14.4 Å². The van der Waals surface area contributed by atoms with Crippen LogP contribution in [-0.2, 0) is 16.1 Å². The highest BCUT2D eigenvalue weighted by Crippen LogP contribution is 2.19. The molecule has 26 heavy (non-hydrogen) atoms. The zero-order chi connectivity index (χ0) is 18.5. The summed E-state index contributed by atoms with van der Waals surface area (Å²) in [6, 6.07) is 8.53. The van der Waals surface area contributed by atoms with Gasteiger partial charge < -0.3 is 14.5 Å². The molecule has 0 aliphatic heterocycles. The van der Waals surface area contributed by atoms with E-state index in [1.807, 2.05) is 24.4 Å². The number of carbonyl (C=O) groups is 2. The average molecular weight is 371 g/mol. The Kier molecular flexibility index (Phi) is 5.48. The van der Waals surface area contributed by atoms with E-state index in [4.69, 9.17) is 9.15 Å². The van der Waals surface area contributed by atoms with Crippen LogP contribution in [0.15, 0.2) is 50.3 Å². The maximum Gasteiger partial charge on any atom is 0.336 e. The normalized spacial score (nSPS) is 10.7. The molecule has 3 rings (SSSR count). The first-order chi connectivity index (χ1) is 12.5. The molecule has 0 fully saturated rings. The molecule has 0 spiro atoms. The molecule has 0 saturated carbocycles. The second-order valence-electron chi connectivity index (χ2n) is 5.77. The molecule has 6 nitrogen and oxygen atoms in total. The first kappa shape index (κ1) is 17.9. The van der Waals surface area contributed by atoms with Gasteiger partial charge in [0.1, 0.15) is 12.2 Å². The standard InChI is InChI=1S/C19H17NO5S/c1-12-2-3-15-14(9-18(22)25-16(15)8-12)10-24-17(21)4-6-20-19(23)13-5-7-26-11-13/h2-3,5,7-9,11H,4,6,10H2,1H3,(H,20,23). The van der Waals surface area contributed by atoms with Gasteiger partial charge in [0.25, 0.3) is 5.91 Å². The Bertz CT molecular complexity index is 991. The Labute approximate surface area is 153 Å². The van der Waals surface area contributed by atoms with Gasteiger partial charge in [-0.2, -0.15) is 11.3 Å². The zero-order valence-electron chi connectivity index (χ0n) is 14.1. The number of amides is 1. The van der Waals surface area contributed by atoms with Gasteiger partial charge in [-0.05, 0) is 30.0 Å². The summed E-state index contributed by atoms with van der Waals surface area (Å²) in [5, 5.41) is 6.94. The zero-order valence-corrected chi connectivity index (χ0v) is 14.9. The smallest absolute Gasteiger partial charge is 0.336 e. The van der Waals surface area contributed by atoms with Crippen LogP contribution in [0.1, 0.15) is 27.9 Å². The van der Waals surface area contributed by atoms with Crippen LogP contribution in [0.4, 0.5) is 0 Å². The van der Waals surface area contributed by atoms with E-state index in [-0.39, 0.29) is 25.5 Å². The van der Waals surface area contributed by atoms with E-state index < -0.39 is 11.6 Å². The summed E-state index contributed by atoms with van der Waals surface area (Å²) in [5.41, 5.74) is 2.10. The number of carbonyl (C=O) groups excluding carboxylic acids is 2. The molecule has 1 aromatic carbocycles. The van der Waals surface area contributed by atoms with Crippen LogP contribution < -0.4 is 10.9 Å². The predicted molar refractivity (Wildman–Crippen MR) is 98.3 cm³/mol. The number of hydrogen-bond donors (Lipinski definition) is 1. The minimum Gasteiger partial charge on any atom is -0.461 e. The van der Waals surface area contributed by atoms with Crippen molar-refractivity contribution in [1.29, 1.82) is 0 Å². The number of nitrogens with one attached hydrogen (secondary N) is 1.